The quantitative estimate of drug-likeness (QED) is 0.623. The topological polar surface area (TPSA) is 97.0 Å². The summed E-state index contributed by atoms with van der Waals surface area (Å²) in [6.07, 6.45) is 0.0633. The molecule has 2 aromatic rings. The minimum atomic E-state index is -0.610. The number of carbonyl (C=O) groups excluding carboxylic acids is 3. The molecule has 3 rings (SSSR count). The van der Waals surface area contributed by atoms with Gasteiger partial charge in [-0.1, -0.05) is 12.1 Å². The van der Waals surface area contributed by atoms with Crippen LogP contribution in [0.4, 0.5) is 10.1 Å². The molecule has 1 aliphatic heterocycles. The zero-order valence-electron chi connectivity index (χ0n) is 17.3. The zero-order chi connectivity index (χ0) is 22.4. The largest absolute Gasteiger partial charge is 0.497 e. The lowest BCUT2D eigenvalue weighted by molar-refractivity contribution is -0.126. The number of carbonyl (C=O) groups is 3. The Hall–Kier alpha value is -3.62. The third-order valence-electron chi connectivity index (χ3n) is 5.00. The number of halogens is 1. The van der Waals surface area contributed by atoms with Crippen molar-refractivity contribution in [1.29, 1.82) is 0 Å². The van der Waals surface area contributed by atoms with Crippen LogP contribution in [0.3, 0.4) is 0 Å². The molecule has 1 fully saturated rings. The Kier molecular flexibility index (Phi) is 7.07. The highest BCUT2D eigenvalue weighted by Gasteiger charge is 2.36. The molecule has 0 bridgehead atoms. The SMILES string of the molecule is COc1ccc(OC)c(N2CC(C(=O)NCCNC(=O)c3ccccc3F)CC2=O)c1. The van der Waals surface area contributed by atoms with Gasteiger partial charge in [0.1, 0.15) is 17.3 Å². The van der Waals surface area contributed by atoms with Gasteiger partial charge in [-0.25, -0.2) is 4.39 Å². The van der Waals surface area contributed by atoms with Crippen LogP contribution in [-0.4, -0.2) is 51.6 Å². The van der Waals surface area contributed by atoms with E-state index in [0.29, 0.717) is 17.2 Å². The van der Waals surface area contributed by atoms with Crippen LogP contribution >= 0.6 is 0 Å². The van der Waals surface area contributed by atoms with Crippen LogP contribution in [0.25, 0.3) is 0 Å². The monoisotopic (exact) mass is 429 g/mol. The number of methoxy groups -OCH3 is 2. The predicted molar refractivity (Wildman–Crippen MR) is 112 cm³/mol. The van der Waals surface area contributed by atoms with Crippen LogP contribution in [0.5, 0.6) is 11.5 Å². The predicted octanol–water partition coefficient (Wildman–Crippen LogP) is 1.74. The Morgan fingerprint density at radius 3 is 2.55 bits per heavy atom. The second kappa shape index (κ2) is 9.92. The molecule has 0 aliphatic carbocycles. The molecule has 8 nitrogen and oxygen atoms in total. The van der Waals surface area contributed by atoms with Crippen LogP contribution in [0.15, 0.2) is 42.5 Å². The van der Waals surface area contributed by atoms with Crippen molar-refractivity contribution in [3.63, 3.8) is 0 Å². The number of hydrogen-bond donors (Lipinski definition) is 2. The van der Waals surface area contributed by atoms with Crippen molar-refractivity contribution >= 4 is 23.4 Å². The van der Waals surface area contributed by atoms with E-state index in [9.17, 15) is 18.8 Å². The number of ether oxygens (including phenoxy) is 2. The Morgan fingerprint density at radius 1 is 1.10 bits per heavy atom. The number of nitrogens with one attached hydrogen (secondary N) is 2. The molecule has 1 unspecified atom stereocenters. The summed E-state index contributed by atoms with van der Waals surface area (Å²) in [5.41, 5.74) is 0.484. The highest BCUT2D eigenvalue weighted by atomic mass is 19.1. The molecule has 1 saturated heterocycles. The van der Waals surface area contributed by atoms with E-state index in [1.165, 1.54) is 37.3 Å². The van der Waals surface area contributed by atoms with Crippen molar-refractivity contribution in [2.75, 3.05) is 38.8 Å². The molecule has 2 aromatic carbocycles. The molecule has 9 heteroatoms. The van der Waals surface area contributed by atoms with Gasteiger partial charge in [-0.05, 0) is 24.3 Å². The van der Waals surface area contributed by atoms with Crippen molar-refractivity contribution in [2.45, 2.75) is 6.42 Å². The molecule has 0 aromatic heterocycles. The third kappa shape index (κ3) is 5.11. The van der Waals surface area contributed by atoms with Crippen molar-refractivity contribution < 1.29 is 28.2 Å². The van der Waals surface area contributed by atoms with E-state index in [4.69, 9.17) is 9.47 Å². The van der Waals surface area contributed by atoms with Gasteiger partial charge in [0, 0.05) is 32.1 Å². The summed E-state index contributed by atoms with van der Waals surface area (Å²) < 4.78 is 24.2. The fourth-order valence-corrected chi connectivity index (χ4v) is 3.37. The molecule has 164 valence electrons. The molecule has 1 heterocycles. The van der Waals surface area contributed by atoms with E-state index in [2.05, 4.69) is 10.6 Å². The molecule has 31 heavy (non-hydrogen) atoms. The van der Waals surface area contributed by atoms with Gasteiger partial charge in [0.05, 0.1) is 31.4 Å². The molecule has 3 amide bonds. The minimum absolute atomic E-state index is 0.0573. The average molecular weight is 429 g/mol. The number of benzene rings is 2. The number of nitrogens with zero attached hydrogens (tertiary/aromatic N) is 1. The summed E-state index contributed by atoms with van der Waals surface area (Å²) in [7, 11) is 3.03. The normalized spacial score (nSPS) is 15.5. The summed E-state index contributed by atoms with van der Waals surface area (Å²) in [5, 5.41) is 5.26. The average Bonchev–Trinajstić information content (AvgIpc) is 3.17. The zero-order valence-corrected chi connectivity index (χ0v) is 17.3. The van der Waals surface area contributed by atoms with Crippen molar-refractivity contribution in [3.05, 3.63) is 53.8 Å². The van der Waals surface area contributed by atoms with E-state index in [1.807, 2.05) is 0 Å². The van der Waals surface area contributed by atoms with Gasteiger partial charge < -0.3 is 25.0 Å². The van der Waals surface area contributed by atoms with Gasteiger partial charge in [-0.2, -0.15) is 0 Å². The lowest BCUT2D eigenvalue weighted by Gasteiger charge is -2.20. The summed E-state index contributed by atoms with van der Waals surface area (Å²) in [6.45, 7) is 0.495. The fraction of sp³-hybridized carbons (Fsp3) is 0.318. The molecule has 1 atom stereocenters. The van der Waals surface area contributed by atoms with E-state index in [-0.39, 0.29) is 43.4 Å². The van der Waals surface area contributed by atoms with Gasteiger partial charge >= 0.3 is 0 Å². The Morgan fingerprint density at radius 2 is 1.84 bits per heavy atom. The van der Waals surface area contributed by atoms with Gasteiger partial charge in [-0.15, -0.1) is 0 Å². The van der Waals surface area contributed by atoms with Gasteiger partial charge in [-0.3, -0.25) is 14.4 Å². The smallest absolute Gasteiger partial charge is 0.254 e. The maximum Gasteiger partial charge on any atom is 0.254 e. The second-order valence-electron chi connectivity index (χ2n) is 6.97. The molecular weight excluding hydrogens is 405 g/mol. The van der Waals surface area contributed by atoms with Crippen LogP contribution in [0.1, 0.15) is 16.8 Å². The van der Waals surface area contributed by atoms with Gasteiger partial charge in [0.2, 0.25) is 11.8 Å². The lowest BCUT2D eigenvalue weighted by atomic mass is 10.1. The molecule has 0 spiro atoms. The Labute approximate surface area is 179 Å². The summed E-state index contributed by atoms with van der Waals surface area (Å²) >= 11 is 0. The van der Waals surface area contributed by atoms with Crippen LogP contribution < -0.4 is 25.0 Å². The number of amides is 3. The lowest BCUT2D eigenvalue weighted by Crippen LogP contribution is -2.38. The maximum atomic E-state index is 13.6. The molecule has 0 saturated carbocycles. The first-order valence-corrected chi connectivity index (χ1v) is 9.77. The molecule has 0 radical (unpaired) electrons. The van der Waals surface area contributed by atoms with Gasteiger partial charge in [0.15, 0.2) is 0 Å². The van der Waals surface area contributed by atoms with Crippen molar-refractivity contribution in [1.82, 2.24) is 10.6 Å². The molecular formula is C22H24FN3O5. The highest BCUT2D eigenvalue weighted by molar-refractivity contribution is 6.01. The number of anilines is 1. The maximum absolute atomic E-state index is 13.6. The highest BCUT2D eigenvalue weighted by Crippen LogP contribution is 2.36. The summed E-state index contributed by atoms with van der Waals surface area (Å²) in [4.78, 5) is 38.5. The first-order valence-electron chi connectivity index (χ1n) is 9.77. The third-order valence-corrected chi connectivity index (χ3v) is 5.00. The minimum Gasteiger partial charge on any atom is -0.497 e. The molecule has 2 N–H and O–H groups in total. The van der Waals surface area contributed by atoms with Crippen LogP contribution in [0, 0.1) is 11.7 Å². The second-order valence-corrected chi connectivity index (χ2v) is 6.97. The van der Waals surface area contributed by atoms with Crippen molar-refractivity contribution in [2.24, 2.45) is 5.92 Å². The number of hydrogen-bond acceptors (Lipinski definition) is 5. The van der Waals surface area contributed by atoms with Crippen LogP contribution in [-0.2, 0) is 9.59 Å². The molecule has 1 aliphatic rings. The van der Waals surface area contributed by atoms with E-state index in [0.717, 1.165) is 0 Å². The summed E-state index contributed by atoms with van der Waals surface area (Å²) in [6, 6.07) is 10.8. The first-order chi connectivity index (χ1) is 14.9. The van der Waals surface area contributed by atoms with E-state index < -0.39 is 17.6 Å². The number of rotatable bonds is 8. The standard InChI is InChI=1S/C22H24FN3O5/c1-30-15-7-8-19(31-2)18(12-15)26-13-14(11-20(26)27)21(28)24-9-10-25-22(29)16-5-3-4-6-17(16)23/h3-8,12,14H,9-11,13H2,1-2H3,(H,24,28)(H,25,29). The first kappa shape index (κ1) is 22.1. The summed E-state index contributed by atoms with van der Waals surface area (Å²) in [5.74, 6) is -1.11. The fourth-order valence-electron chi connectivity index (χ4n) is 3.37. The Balaban J connectivity index is 1.53. The van der Waals surface area contributed by atoms with Gasteiger partial charge in [0.25, 0.3) is 5.91 Å². The van der Waals surface area contributed by atoms with E-state index in [1.54, 1.807) is 24.3 Å². The van der Waals surface area contributed by atoms with E-state index >= 15 is 0 Å². The Bertz CT molecular complexity index is 981. The van der Waals surface area contributed by atoms with Crippen LogP contribution in [0.2, 0.25) is 0 Å². The van der Waals surface area contributed by atoms with Crippen molar-refractivity contribution in [3.8, 4) is 11.5 Å².